The molecular formula is C17H10Br2ClF. The quantitative estimate of drug-likeness (QED) is 0.308. The molecule has 0 radical (unpaired) electrons. The van der Waals surface area contributed by atoms with Gasteiger partial charge in [-0.25, -0.2) is 4.39 Å². The van der Waals surface area contributed by atoms with Gasteiger partial charge in [0.15, 0.2) is 0 Å². The molecule has 0 aliphatic rings. The summed E-state index contributed by atoms with van der Waals surface area (Å²) >= 11 is 13.0. The Kier molecular flexibility index (Phi) is 4.34. The van der Waals surface area contributed by atoms with Crippen molar-refractivity contribution in [2.24, 2.45) is 0 Å². The molecule has 3 rings (SSSR count). The second-order valence-electron chi connectivity index (χ2n) is 4.72. The van der Waals surface area contributed by atoms with Gasteiger partial charge in [0.25, 0.3) is 0 Å². The maximum atomic E-state index is 14.2. The second-order valence-corrected chi connectivity index (χ2v) is 6.90. The Morgan fingerprint density at radius 2 is 1.67 bits per heavy atom. The monoisotopic (exact) mass is 426 g/mol. The van der Waals surface area contributed by atoms with Crippen LogP contribution in [0.15, 0.2) is 59.1 Å². The molecule has 0 heterocycles. The van der Waals surface area contributed by atoms with Crippen molar-refractivity contribution in [1.29, 1.82) is 0 Å². The van der Waals surface area contributed by atoms with E-state index in [1.54, 1.807) is 6.07 Å². The average Bonchev–Trinajstić information content (AvgIpc) is 2.49. The normalized spacial score (nSPS) is 12.6. The van der Waals surface area contributed by atoms with Gasteiger partial charge in [-0.05, 0) is 44.4 Å². The highest BCUT2D eigenvalue weighted by atomic mass is 79.9. The molecule has 106 valence electrons. The Morgan fingerprint density at radius 1 is 0.952 bits per heavy atom. The fourth-order valence-electron chi connectivity index (χ4n) is 2.37. The number of benzene rings is 3. The van der Waals surface area contributed by atoms with Crippen LogP contribution in [0.2, 0.25) is 5.02 Å². The predicted octanol–water partition coefficient (Wildman–Crippen LogP) is 6.88. The topological polar surface area (TPSA) is 0 Å². The van der Waals surface area contributed by atoms with Crippen LogP contribution >= 0.6 is 43.5 Å². The first-order chi connectivity index (χ1) is 10.1. The minimum Gasteiger partial charge on any atom is -0.207 e. The van der Waals surface area contributed by atoms with E-state index >= 15 is 0 Å². The largest absolute Gasteiger partial charge is 0.207 e. The molecule has 0 fully saturated rings. The van der Waals surface area contributed by atoms with Gasteiger partial charge in [0.1, 0.15) is 5.82 Å². The third-order valence-corrected chi connectivity index (χ3v) is 5.59. The van der Waals surface area contributed by atoms with Crippen LogP contribution in [0.4, 0.5) is 4.39 Å². The van der Waals surface area contributed by atoms with Crippen molar-refractivity contribution >= 4 is 54.2 Å². The lowest BCUT2D eigenvalue weighted by molar-refractivity contribution is 0.613. The number of rotatable bonds is 2. The standard InChI is InChI=1S/C17H10Br2ClF/c18-14-9-16(21)13(8-15(14)20)17(19)12-7-3-5-10-4-1-2-6-11(10)12/h1-9,17H. The Balaban J connectivity index is 2.17. The highest BCUT2D eigenvalue weighted by Crippen LogP contribution is 2.39. The first-order valence-corrected chi connectivity index (χ1v) is 8.43. The highest BCUT2D eigenvalue weighted by molar-refractivity contribution is 9.10. The molecule has 0 aliphatic heterocycles. The number of fused-ring (bicyclic) bond motifs is 1. The molecule has 0 bridgehead atoms. The molecule has 0 saturated carbocycles. The minimum absolute atomic E-state index is 0.255. The molecule has 21 heavy (non-hydrogen) atoms. The van der Waals surface area contributed by atoms with Crippen LogP contribution in [-0.2, 0) is 0 Å². The van der Waals surface area contributed by atoms with Gasteiger partial charge in [-0.1, -0.05) is 70.0 Å². The maximum absolute atomic E-state index is 14.2. The van der Waals surface area contributed by atoms with E-state index in [0.29, 0.717) is 15.1 Å². The fraction of sp³-hybridized carbons (Fsp3) is 0.0588. The molecular weight excluding hydrogens is 418 g/mol. The molecule has 0 aromatic heterocycles. The first kappa shape index (κ1) is 15.0. The summed E-state index contributed by atoms with van der Waals surface area (Å²) in [6.07, 6.45) is 0. The summed E-state index contributed by atoms with van der Waals surface area (Å²) in [5.74, 6) is -0.291. The summed E-state index contributed by atoms with van der Waals surface area (Å²) in [7, 11) is 0. The molecule has 1 atom stereocenters. The molecule has 0 spiro atoms. The molecule has 4 heteroatoms. The third kappa shape index (κ3) is 2.87. The lowest BCUT2D eigenvalue weighted by Gasteiger charge is -2.15. The van der Waals surface area contributed by atoms with Crippen LogP contribution in [-0.4, -0.2) is 0 Å². The number of alkyl halides is 1. The van der Waals surface area contributed by atoms with Gasteiger partial charge < -0.3 is 0 Å². The van der Waals surface area contributed by atoms with Gasteiger partial charge in [-0.3, -0.25) is 0 Å². The Hall–Kier alpha value is -0.900. The van der Waals surface area contributed by atoms with Crippen molar-refractivity contribution in [3.8, 4) is 0 Å². The van der Waals surface area contributed by atoms with E-state index in [1.807, 2.05) is 42.5 Å². The van der Waals surface area contributed by atoms with Gasteiger partial charge >= 0.3 is 0 Å². The SMILES string of the molecule is Fc1cc(Br)c(Cl)cc1C(Br)c1cccc2ccccc12. The number of hydrogen-bond donors (Lipinski definition) is 0. The van der Waals surface area contributed by atoms with Crippen LogP contribution in [0, 0.1) is 5.82 Å². The van der Waals surface area contributed by atoms with Crippen molar-refractivity contribution in [3.05, 3.63) is 81.0 Å². The lowest BCUT2D eigenvalue weighted by atomic mass is 9.98. The van der Waals surface area contributed by atoms with Gasteiger partial charge in [0.2, 0.25) is 0 Å². The second kappa shape index (κ2) is 6.07. The lowest BCUT2D eigenvalue weighted by Crippen LogP contribution is -1.98. The van der Waals surface area contributed by atoms with Crippen molar-refractivity contribution < 1.29 is 4.39 Å². The fourth-order valence-corrected chi connectivity index (χ4v) is 3.61. The van der Waals surface area contributed by atoms with E-state index in [9.17, 15) is 4.39 Å². The summed E-state index contributed by atoms with van der Waals surface area (Å²) in [5.41, 5.74) is 1.55. The zero-order chi connectivity index (χ0) is 15.0. The summed E-state index contributed by atoms with van der Waals surface area (Å²) in [5, 5.41) is 2.72. The van der Waals surface area contributed by atoms with Gasteiger partial charge in [0, 0.05) is 10.0 Å². The highest BCUT2D eigenvalue weighted by Gasteiger charge is 2.18. The van der Waals surface area contributed by atoms with Gasteiger partial charge in [-0.2, -0.15) is 0 Å². The predicted molar refractivity (Wildman–Crippen MR) is 93.8 cm³/mol. The molecule has 0 aliphatic carbocycles. The zero-order valence-electron chi connectivity index (χ0n) is 10.8. The van der Waals surface area contributed by atoms with E-state index in [2.05, 4.69) is 31.9 Å². The Labute approximate surface area is 144 Å². The van der Waals surface area contributed by atoms with Gasteiger partial charge in [0.05, 0.1) is 9.85 Å². The minimum atomic E-state index is -0.291. The van der Waals surface area contributed by atoms with Crippen molar-refractivity contribution in [2.75, 3.05) is 0 Å². The van der Waals surface area contributed by atoms with Crippen LogP contribution in [0.1, 0.15) is 16.0 Å². The zero-order valence-corrected chi connectivity index (χ0v) is 14.7. The first-order valence-electron chi connectivity index (χ1n) is 6.34. The van der Waals surface area contributed by atoms with Gasteiger partial charge in [-0.15, -0.1) is 0 Å². The van der Waals surface area contributed by atoms with Crippen molar-refractivity contribution in [3.63, 3.8) is 0 Å². The maximum Gasteiger partial charge on any atom is 0.129 e. The summed E-state index contributed by atoms with van der Waals surface area (Å²) < 4.78 is 14.8. The summed E-state index contributed by atoms with van der Waals surface area (Å²) in [4.78, 5) is -0.255. The van der Waals surface area contributed by atoms with E-state index in [4.69, 9.17) is 11.6 Å². The summed E-state index contributed by atoms with van der Waals surface area (Å²) in [6, 6.07) is 17.1. The molecule has 0 saturated heterocycles. The molecule has 0 amide bonds. The molecule has 1 unspecified atom stereocenters. The molecule has 0 N–H and O–H groups in total. The third-order valence-electron chi connectivity index (χ3n) is 3.41. The Bertz CT molecular complexity index is 812. The van der Waals surface area contributed by atoms with E-state index in [0.717, 1.165) is 16.3 Å². The van der Waals surface area contributed by atoms with Crippen LogP contribution in [0.3, 0.4) is 0 Å². The van der Waals surface area contributed by atoms with Crippen molar-refractivity contribution in [1.82, 2.24) is 0 Å². The molecule has 3 aromatic rings. The summed E-state index contributed by atoms with van der Waals surface area (Å²) in [6.45, 7) is 0. The molecule has 0 nitrogen and oxygen atoms in total. The van der Waals surface area contributed by atoms with E-state index < -0.39 is 0 Å². The van der Waals surface area contributed by atoms with Crippen LogP contribution in [0.5, 0.6) is 0 Å². The smallest absolute Gasteiger partial charge is 0.129 e. The number of halogens is 4. The Morgan fingerprint density at radius 3 is 2.48 bits per heavy atom. The van der Waals surface area contributed by atoms with E-state index in [-0.39, 0.29) is 10.6 Å². The van der Waals surface area contributed by atoms with Crippen LogP contribution < -0.4 is 0 Å². The van der Waals surface area contributed by atoms with Crippen molar-refractivity contribution in [2.45, 2.75) is 4.83 Å². The average molecular weight is 429 g/mol. The van der Waals surface area contributed by atoms with Crippen LogP contribution in [0.25, 0.3) is 10.8 Å². The number of hydrogen-bond acceptors (Lipinski definition) is 0. The molecule has 3 aromatic carbocycles. The van der Waals surface area contributed by atoms with E-state index in [1.165, 1.54) is 6.07 Å².